The number of hydrogen-bond donors (Lipinski definition) is 2. The molecule has 0 saturated heterocycles. The molecule has 2 saturated carbocycles. The van der Waals surface area contributed by atoms with Crippen molar-refractivity contribution in [2.24, 2.45) is 17.8 Å². The molecule has 0 spiro atoms. The van der Waals surface area contributed by atoms with Crippen molar-refractivity contribution in [2.75, 3.05) is 6.54 Å². The maximum absolute atomic E-state index is 9.96. The number of phenols is 1. The number of fused-ring (bicyclic) bond motifs is 2. The summed E-state index contributed by atoms with van der Waals surface area (Å²) in [5, 5.41) is 13.6. The molecule has 4 unspecified atom stereocenters. The lowest BCUT2D eigenvalue weighted by Gasteiger charge is -2.24. The summed E-state index contributed by atoms with van der Waals surface area (Å²) < 4.78 is 0. The molecular formula is C17H25NO. The van der Waals surface area contributed by atoms with Crippen molar-refractivity contribution in [3.63, 3.8) is 0 Å². The van der Waals surface area contributed by atoms with E-state index in [0.29, 0.717) is 5.75 Å². The molecule has 2 aliphatic rings. The first-order valence-electron chi connectivity index (χ1n) is 7.66. The maximum atomic E-state index is 9.96. The van der Waals surface area contributed by atoms with Crippen molar-refractivity contribution in [1.82, 2.24) is 5.32 Å². The average molecular weight is 259 g/mol. The van der Waals surface area contributed by atoms with Crippen LogP contribution in [0.3, 0.4) is 0 Å². The summed E-state index contributed by atoms with van der Waals surface area (Å²) in [5.74, 6) is 3.27. The molecule has 0 heterocycles. The number of phenolic OH excluding ortho intramolecular Hbond substituents is 1. The second kappa shape index (κ2) is 5.16. The van der Waals surface area contributed by atoms with Crippen LogP contribution in [0.4, 0.5) is 0 Å². The first-order valence-corrected chi connectivity index (χ1v) is 7.66. The van der Waals surface area contributed by atoms with Crippen LogP contribution in [-0.2, 0) is 0 Å². The molecule has 2 fully saturated rings. The number of aromatic hydroxyl groups is 1. The maximum Gasteiger partial charge on any atom is 0.120 e. The second-order valence-electron chi connectivity index (χ2n) is 6.63. The zero-order valence-corrected chi connectivity index (χ0v) is 12.0. The zero-order valence-electron chi connectivity index (χ0n) is 12.0. The topological polar surface area (TPSA) is 32.3 Å². The lowest BCUT2D eigenvalue weighted by Crippen LogP contribution is -2.28. The Morgan fingerprint density at radius 2 is 2.16 bits per heavy atom. The summed E-state index contributed by atoms with van der Waals surface area (Å²) >= 11 is 0. The molecule has 2 bridgehead atoms. The Kier molecular flexibility index (Phi) is 3.53. The molecule has 19 heavy (non-hydrogen) atoms. The van der Waals surface area contributed by atoms with Gasteiger partial charge in [0.15, 0.2) is 0 Å². The van der Waals surface area contributed by atoms with E-state index in [1.807, 2.05) is 6.07 Å². The highest BCUT2D eigenvalue weighted by Gasteiger charge is 2.39. The molecule has 1 aromatic rings. The molecule has 104 valence electrons. The summed E-state index contributed by atoms with van der Waals surface area (Å²) in [6.07, 6.45) is 5.80. The monoisotopic (exact) mass is 259 g/mol. The van der Waals surface area contributed by atoms with Crippen molar-refractivity contribution in [3.05, 3.63) is 29.3 Å². The Morgan fingerprint density at radius 1 is 1.32 bits per heavy atom. The fourth-order valence-electron chi connectivity index (χ4n) is 4.09. The Labute approximate surface area is 116 Å². The molecule has 3 rings (SSSR count). The SMILES string of the molecule is Cc1ccc(O)c(C(C)NCC2CC3CCC2C3)c1. The van der Waals surface area contributed by atoms with Gasteiger partial charge in [0.25, 0.3) is 0 Å². The molecule has 0 amide bonds. The number of nitrogens with one attached hydrogen (secondary N) is 1. The molecule has 2 nitrogen and oxygen atoms in total. The molecule has 0 radical (unpaired) electrons. The van der Waals surface area contributed by atoms with Crippen LogP contribution in [0.2, 0.25) is 0 Å². The van der Waals surface area contributed by atoms with Crippen LogP contribution in [0, 0.1) is 24.7 Å². The van der Waals surface area contributed by atoms with E-state index in [1.165, 1.54) is 31.2 Å². The first-order chi connectivity index (χ1) is 9.13. The van der Waals surface area contributed by atoms with Crippen LogP contribution in [0.5, 0.6) is 5.75 Å². The molecule has 0 aromatic heterocycles. The van der Waals surface area contributed by atoms with Crippen molar-refractivity contribution in [1.29, 1.82) is 0 Å². The van der Waals surface area contributed by atoms with Crippen molar-refractivity contribution < 1.29 is 5.11 Å². The largest absolute Gasteiger partial charge is 0.508 e. The van der Waals surface area contributed by atoms with E-state index in [1.54, 1.807) is 6.07 Å². The third-order valence-electron chi connectivity index (χ3n) is 5.22. The number of benzene rings is 1. The molecule has 1 aromatic carbocycles. The van der Waals surface area contributed by atoms with Crippen LogP contribution in [-0.4, -0.2) is 11.7 Å². The van der Waals surface area contributed by atoms with E-state index in [2.05, 4.69) is 25.2 Å². The van der Waals surface area contributed by atoms with Gasteiger partial charge in [0.05, 0.1) is 0 Å². The minimum atomic E-state index is 0.235. The lowest BCUT2D eigenvalue weighted by molar-refractivity contribution is 0.308. The standard InChI is InChI=1S/C17H25NO/c1-11-3-6-17(19)16(7-11)12(2)18-10-15-9-13-4-5-14(15)8-13/h3,6-7,12-15,18-19H,4-5,8-10H2,1-2H3. The highest BCUT2D eigenvalue weighted by molar-refractivity contribution is 5.37. The lowest BCUT2D eigenvalue weighted by atomic mass is 9.88. The van der Waals surface area contributed by atoms with Crippen LogP contribution < -0.4 is 5.32 Å². The molecular weight excluding hydrogens is 234 g/mol. The minimum Gasteiger partial charge on any atom is -0.508 e. The summed E-state index contributed by atoms with van der Waals surface area (Å²) in [6, 6.07) is 6.09. The number of aryl methyl sites for hydroxylation is 1. The number of hydrogen-bond acceptors (Lipinski definition) is 2. The van der Waals surface area contributed by atoms with Crippen LogP contribution in [0.1, 0.15) is 49.8 Å². The average Bonchev–Trinajstić information content (AvgIpc) is 3.01. The summed E-state index contributed by atoms with van der Waals surface area (Å²) in [5.41, 5.74) is 2.24. The normalized spacial score (nSPS) is 30.7. The summed E-state index contributed by atoms with van der Waals surface area (Å²) in [4.78, 5) is 0. The Morgan fingerprint density at radius 3 is 2.84 bits per heavy atom. The van der Waals surface area contributed by atoms with E-state index in [4.69, 9.17) is 0 Å². The minimum absolute atomic E-state index is 0.235. The fraction of sp³-hybridized carbons (Fsp3) is 0.647. The van der Waals surface area contributed by atoms with E-state index < -0.39 is 0 Å². The highest BCUT2D eigenvalue weighted by Crippen LogP contribution is 2.48. The predicted octanol–water partition coefficient (Wildman–Crippen LogP) is 3.79. The predicted molar refractivity (Wildman–Crippen MR) is 78.2 cm³/mol. The quantitative estimate of drug-likeness (QED) is 0.862. The fourth-order valence-corrected chi connectivity index (χ4v) is 4.09. The van der Waals surface area contributed by atoms with Crippen LogP contribution in [0.15, 0.2) is 18.2 Å². The van der Waals surface area contributed by atoms with Crippen molar-refractivity contribution in [3.8, 4) is 5.75 Å². The van der Waals surface area contributed by atoms with Gasteiger partial charge >= 0.3 is 0 Å². The van der Waals surface area contributed by atoms with Gasteiger partial charge in [-0.05, 0) is 63.5 Å². The van der Waals surface area contributed by atoms with Gasteiger partial charge in [0.2, 0.25) is 0 Å². The van der Waals surface area contributed by atoms with Gasteiger partial charge in [-0.25, -0.2) is 0 Å². The van der Waals surface area contributed by atoms with Gasteiger partial charge < -0.3 is 10.4 Å². The van der Waals surface area contributed by atoms with E-state index in [0.717, 1.165) is 29.9 Å². The van der Waals surface area contributed by atoms with Crippen molar-refractivity contribution >= 4 is 0 Å². The third-order valence-corrected chi connectivity index (χ3v) is 5.22. The molecule has 0 aliphatic heterocycles. The number of rotatable bonds is 4. The first kappa shape index (κ1) is 13.0. The molecule has 2 N–H and O–H groups in total. The smallest absolute Gasteiger partial charge is 0.120 e. The molecule has 2 heteroatoms. The van der Waals surface area contributed by atoms with Crippen molar-refractivity contribution in [2.45, 2.75) is 45.6 Å². The van der Waals surface area contributed by atoms with Gasteiger partial charge in [-0.1, -0.05) is 24.1 Å². The Balaban J connectivity index is 1.59. The van der Waals surface area contributed by atoms with Crippen LogP contribution >= 0.6 is 0 Å². The Hall–Kier alpha value is -1.02. The van der Waals surface area contributed by atoms with Gasteiger partial charge in [0, 0.05) is 11.6 Å². The molecule has 4 atom stereocenters. The van der Waals surface area contributed by atoms with E-state index >= 15 is 0 Å². The van der Waals surface area contributed by atoms with Gasteiger partial charge in [-0.2, -0.15) is 0 Å². The molecule has 2 aliphatic carbocycles. The highest BCUT2D eigenvalue weighted by atomic mass is 16.3. The second-order valence-corrected chi connectivity index (χ2v) is 6.63. The summed E-state index contributed by atoms with van der Waals surface area (Å²) in [7, 11) is 0. The van der Waals surface area contributed by atoms with Gasteiger partial charge in [-0.3, -0.25) is 0 Å². The van der Waals surface area contributed by atoms with Crippen LogP contribution in [0.25, 0.3) is 0 Å². The Bertz CT molecular complexity index is 457. The van der Waals surface area contributed by atoms with Gasteiger partial charge in [-0.15, -0.1) is 0 Å². The third kappa shape index (κ3) is 2.64. The zero-order chi connectivity index (χ0) is 13.4. The van der Waals surface area contributed by atoms with E-state index in [9.17, 15) is 5.11 Å². The van der Waals surface area contributed by atoms with Gasteiger partial charge in [0.1, 0.15) is 5.75 Å². The van der Waals surface area contributed by atoms with E-state index in [-0.39, 0.29) is 6.04 Å². The summed E-state index contributed by atoms with van der Waals surface area (Å²) in [6.45, 7) is 5.34.